The van der Waals surface area contributed by atoms with Crippen molar-refractivity contribution in [3.05, 3.63) is 23.9 Å². The van der Waals surface area contributed by atoms with E-state index in [9.17, 15) is 4.79 Å². The molecule has 1 aromatic heterocycles. The van der Waals surface area contributed by atoms with E-state index in [0.29, 0.717) is 16.6 Å². The van der Waals surface area contributed by atoms with Gasteiger partial charge in [0.2, 0.25) is 0 Å². The van der Waals surface area contributed by atoms with Crippen molar-refractivity contribution in [3.8, 4) is 0 Å². The molecule has 2 N–H and O–H groups in total. The van der Waals surface area contributed by atoms with Crippen LogP contribution in [-0.4, -0.2) is 35.5 Å². The van der Waals surface area contributed by atoms with Crippen molar-refractivity contribution in [1.82, 2.24) is 10.3 Å². The third-order valence-corrected chi connectivity index (χ3v) is 4.45. The standard InChI is InChI=1S/C13H19N3OS/c1-14-12-11(6-4-7-15-12)13(17)16-9-10-5-2-3-8-18-10/h4,6-7,10H,2-3,5,8-9H2,1H3,(H,14,15)(H,16,17). The Bertz CT molecular complexity index is 405. The van der Waals surface area contributed by atoms with E-state index < -0.39 is 0 Å². The molecule has 5 heteroatoms. The summed E-state index contributed by atoms with van der Waals surface area (Å²) in [4.78, 5) is 16.2. The summed E-state index contributed by atoms with van der Waals surface area (Å²) in [5.74, 6) is 1.81. The number of nitrogens with zero attached hydrogens (tertiary/aromatic N) is 1. The molecule has 0 aromatic carbocycles. The highest BCUT2D eigenvalue weighted by Crippen LogP contribution is 2.24. The van der Waals surface area contributed by atoms with E-state index in [1.807, 2.05) is 11.8 Å². The summed E-state index contributed by atoms with van der Waals surface area (Å²) < 4.78 is 0. The highest BCUT2D eigenvalue weighted by atomic mass is 32.2. The van der Waals surface area contributed by atoms with Gasteiger partial charge in [0.25, 0.3) is 5.91 Å². The first-order valence-corrected chi connectivity index (χ1v) is 7.38. The molecule has 2 heterocycles. The van der Waals surface area contributed by atoms with Crippen LogP contribution in [0.2, 0.25) is 0 Å². The van der Waals surface area contributed by atoms with Gasteiger partial charge in [0.15, 0.2) is 0 Å². The van der Waals surface area contributed by atoms with Gasteiger partial charge < -0.3 is 10.6 Å². The molecular formula is C13H19N3OS. The molecule has 18 heavy (non-hydrogen) atoms. The lowest BCUT2D eigenvalue weighted by Crippen LogP contribution is -2.32. The molecule has 1 saturated heterocycles. The molecule has 1 fully saturated rings. The Kier molecular flexibility index (Phi) is 4.87. The maximum atomic E-state index is 12.1. The number of hydrogen-bond donors (Lipinski definition) is 2. The van der Waals surface area contributed by atoms with Crippen LogP contribution in [0.4, 0.5) is 5.82 Å². The molecule has 0 saturated carbocycles. The van der Waals surface area contributed by atoms with Crippen LogP contribution in [0.5, 0.6) is 0 Å². The fourth-order valence-electron chi connectivity index (χ4n) is 2.06. The van der Waals surface area contributed by atoms with Crippen LogP contribution in [0, 0.1) is 0 Å². The van der Waals surface area contributed by atoms with Crippen LogP contribution in [0.1, 0.15) is 29.6 Å². The Hall–Kier alpha value is -1.23. The molecule has 0 spiro atoms. The Morgan fingerprint density at radius 2 is 2.44 bits per heavy atom. The van der Waals surface area contributed by atoms with Crippen molar-refractivity contribution in [2.24, 2.45) is 0 Å². The maximum absolute atomic E-state index is 12.1. The lowest BCUT2D eigenvalue weighted by atomic mass is 10.2. The summed E-state index contributed by atoms with van der Waals surface area (Å²) in [6.45, 7) is 0.752. The molecule has 0 aliphatic carbocycles. The number of pyridine rings is 1. The molecule has 1 aromatic rings. The molecule has 0 radical (unpaired) electrons. The van der Waals surface area contributed by atoms with Gasteiger partial charge in [-0.1, -0.05) is 6.42 Å². The molecule has 1 amide bonds. The molecule has 1 atom stereocenters. The highest BCUT2D eigenvalue weighted by Gasteiger charge is 2.16. The predicted molar refractivity (Wildman–Crippen MR) is 76.2 cm³/mol. The van der Waals surface area contributed by atoms with Crippen LogP contribution < -0.4 is 10.6 Å². The maximum Gasteiger partial charge on any atom is 0.255 e. The summed E-state index contributed by atoms with van der Waals surface area (Å²) in [6.07, 6.45) is 5.47. The minimum absolute atomic E-state index is 0.0429. The number of anilines is 1. The Morgan fingerprint density at radius 1 is 1.56 bits per heavy atom. The van der Waals surface area contributed by atoms with E-state index in [1.54, 1.807) is 25.4 Å². The number of carbonyl (C=O) groups excluding carboxylic acids is 1. The van der Waals surface area contributed by atoms with Gasteiger partial charge >= 0.3 is 0 Å². The zero-order chi connectivity index (χ0) is 12.8. The van der Waals surface area contributed by atoms with E-state index >= 15 is 0 Å². The fourth-order valence-corrected chi connectivity index (χ4v) is 3.30. The van der Waals surface area contributed by atoms with E-state index in [1.165, 1.54) is 25.0 Å². The number of rotatable bonds is 4. The van der Waals surface area contributed by atoms with Crippen LogP contribution in [0.15, 0.2) is 18.3 Å². The fraction of sp³-hybridized carbons (Fsp3) is 0.538. The van der Waals surface area contributed by atoms with Gasteiger partial charge in [0.05, 0.1) is 5.56 Å². The number of amides is 1. The van der Waals surface area contributed by atoms with Crippen molar-refractivity contribution in [3.63, 3.8) is 0 Å². The smallest absolute Gasteiger partial charge is 0.255 e. The van der Waals surface area contributed by atoms with Gasteiger partial charge in [0.1, 0.15) is 5.82 Å². The summed E-state index contributed by atoms with van der Waals surface area (Å²) in [5, 5.41) is 6.51. The van der Waals surface area contributed by atoms with Crippen molar-refractivity contribution < 1.29 is 4.79 Å². The Balaban J connectivity index is 1.90. The van der Waals surface area contributed by atoms with Gasteiger partial charge in [-0.3, -0.25) is 4.79 Å². The lowest BCUT2D eigenvalue weighted by Gasteiger charge is -2.21. The number of nitrogens with one attached hydrogen (secondary N) is 2. The minimum atomic E-state index is -0.0429. The van der Waals surface area contributed by atoms with Crippen LogP contribution >= 0.6 is 11.8 Å². The third kappa shape index (κ3) is 3.38. The van der Waals surface area contributed by atoms with E-state index in [2.05, 4.69) is 15.6 Å². The molecule has 98 valence electrons. The van der Waals surface area contributed by atoms with Crippen molar-refractivity contribution in [2.75, 3.05) is 24.7 Å². The second-order valence-electron chi connectivity index (χ2n) is 4.35. The van der Waals surface area contributed by atoms with Gasteiger partial charge in [-0.25, -0.2) is 4.98 Å². The number of hydrogen-bond acceptors (Lipinski definition) is 4. The first-order valence-electron chi connectivity index (χ1n) is 6.34. The summed E-state index contributed by atoms with van der Waals surface area (Å²) in [6, 6.07) is 3.58. The van der Waals surface area contributed by atoms with Crippen LogP contribution in [0.25, 0.3) is 0 Å². The highest BCUT2D eigenvalue weighted by molar-refractivity contribution is 7.99. The Labute approximate surface area is 112 Å². The largest absolute Gasteiger partial charge is 0.372 e. The number of thioether (sulfide) groups is 1. The predicted octanol–water partition coefficient (Wildman–Crippen LogP) is 2.14. The van der Waals surface area contributed by atoms with E-state index in [4.69, 9.17) is 0 Å². The number of carbonyl (C=O) groups is 1. The molecule has 4 nitrogen and oxygen atoms in total. The Morgan fingerprint density at radius 3 is 3.17 bits per heavy atom. The lowest BCUT2D eigenvalue weighted by molar-refractivity contribution is 0.0954. The van der Waals surface area contributed by atoms with E-state index in [-0.39, 0.29) is 5.91 Å². The van der Waals surface area contributed by atoms with E-state index in [0.717, 1.165) is 6.54 Å². The van der Waals surface area contributed by atoms with Gasteiger partial charge in [-0.15, -0.1) is 0 Å². The molecule has 1 aliphatic rings. The topological polar surface area (TPSA) is 54.0 Å². The van der Waals surface area contributed by atoms with Gasteiger partial charge in [0, 0.05) is 25.0 Å². The second-order valence-corrected chi connectivity index (χ2v) is 5.76. The molecular weight excluding hydrogens is 246 g/mol. The summed E-state index contributed by atoms with van der Waals surface area (Å²) >= 11 is 1.96. The zero-order valence-electron chi connectivity index (χ0n) is 10.6. The average Bonchev–Trinajstić information content (AvgIpc) is 2.45. The van der Waals surface area contributed by atoms with Crippen molar-refractivity contribution in [2.45, 2.75) is 24.5 Å². The number of aromatic nitrogens is 1. The molecule has 1 aliphatic heterocycles. The second kappa shape index (κ2) is 6.64. The molecule has 1 unspecified atom stereocenters. The van der Waals surface area contributed by atoms with Crippen LogP contribution in [-0.2, 0) is 0 Å². The normalized spacial score (nSPS) is 19.3. The third-order valence-electron chi connectivity index (χ3n) is 3.05. The molecule has 0 bridgehead atoms. The van der Waals surface area contributed by atoms with Crippen molar-refractivity contribution >= 4 is 23.5 Å². The quantitative estimate of drug-likeness (QED) is 0.876. The summed E-state index contributed by atoms with van der Waals surface area (Å²) in [5.41, 5.74) is 0.612. The first-order chi connectivity index (χ1) is 8.81. The van der Waals surface area contributed by atoms with Crippen molar-refractivity contribution in [1.29, 1.82) is 0 Å². The summed E-state index contributed by atoms with van der Waals surface area (Å²) in [7, 11) is 1.77. The van der Waals surface area contributed by atoms with Crippen LogP contribution in [0.3, 0.4) is 0 Å². The molecule has 2 rings (SSSR count). The SMILES string of the molecule is CNc1ncccc1C(=O)NCC1CCCCS1. The van der Waals surface area contributed by atoms with Gasteiger partial charge in [-0.2, -0.15) is 11.8 Å². The average molecular weight is 265 g/mol. The monoisotopic (exact) mass is 265 g/mol. The minimum Gasteiger partial charge on any atom is -0.372 e. The first kappa shape index (κ1) is 13.2. The van der Waals surface area contributed by atoms with Gasteiger partial charge in [-0.05, 0) is 30.7 Å². The zero-order valence-corrected chi connectivity index (χ0v) is 11.4.